The molecule has 248 valence electrons. The summed E-state index contributed by atoms with van der Waals surface area (Å²) in [6, 6.07) is 10.7. The molecule has 2 saturated heterocycles. The smallest absolute Gasteiger partial charge is 0.318 e. The Morgan fingerprint density at radius 2 is 2.00 bits per heavy atom. The van der Waals surface area contributed by atoms with E-state index in [1.165, 1.54) is 11.0 Å². The van der Waals surface area contributed by atoms with Gasteiger partial charge in [0.15, 0.2) is 5.83 Å². The molecule has 0 saturated carbocycles. The van der Waals surface area contributed by atoms with Gasteiger partial charge in [-0.3, -0.25) is 9.69 Å². The fraction of sp³-hybridized carbons (Fsp3) is 0.471. The van der Waals surface area contributed by atoms with E-state index in [0.717, 1.165) is 41.7 Å². The van der Waals surface area contributed by atoms with Crippen LogP contribution in [0.4, 0.5) is 20.3 Å². The molecule has 3 aromatic rings. The number of benzene rings is 2. The predicted molar refractivity (Wildman–Crippen MR) is 176 cm³/mol. The minimum atomic E-state index is -1.05. The lowest BCUT2D eigenvalue weighted by atomic mass is 9.99. The van der Waals surface area contributed by atoms with Crippen molar-refractivity contribution in [3.8, 4) is 12.1 Å². The summed E-state index contributed by atoms with van der Waals surface area (Å²) in [6.45, 7) is 6.80. The Balaban J connectivity index is 1.37. The first-order valence-corrected chi connectivity index (χ1v) is 16.2. The molecule has 4 heterocycles. The number of rotatable bonds is 9. The number of hydrogen-bond acceptors (Lipinski definition) is 9. The monoisotopic (exact) mass is 665 g/mol. The van der Waals surface area contributed by atoms with E-state index in [2.05, 4.69) is 29.5 Å². The highest BCUT2D eigenvalue weighted by atomic mass is 35.5. The van der Waals surface area contributed by atoms with Crippen molar-refractivity contribution in [2.45, 2.75) is 43.8 Å². The first-order valence-electron chi connectivity index (χ1n) is 15.8. The first kappa shape index (κ1) is 32.9. The zero-order valence-electron chi connectivity index (χ0n) is 26.6. The Labute approximate surface area is 278 Å². The molecule has 3 aliphatic rings. The highest BCUT2D eigenvalue weighted by molar-refractivity contribution is 6.36. The summed E-state index contributed by atoms with van der Waals surface area (Å²) < 4.78 is 40.5. The van der Waals surface area contributed by atoms with Crippen molar-refractivity contribution in [2.24, 2.45) is 0 Å². The quantitative estimate of drug-likeness (QED) is 0.296. The van der Waals surface area contributed by atoms with Crippen molar-refractivity contribution in [2.75, 3.05) is 69.9 Å². The Bertz CT molecular complexity index is 1740. The normalized spacial score (nSPS) is 21.5. The molecule has 10 nitrogen and oxygen atoms in total. The molecule has 0 spiro atoms. The summed E-state index contributed by atoms with van der Waals surface area (Å²) in [7, 11) is 3.74. The predicted octanol–water partition coefficient (Wildman–Crippen LogP) is 4.89. The lowest BCUT2D eigenvalue weighted by Gasteiger charge is -2.42. The number of halogens is 3. The second-order valence-corrected chi connectivity index (χ2v) is 12.9. The fourth-order valence-corrected chi connectivity index (χ4v) is 7.44. The third-order valence-electron chi connectivity index (χ3n) is 9.71. The van der Waals surface area contributed by atoms with E-state index < -0.39 is 23.6 Å². The van der Waals surface area contributed by atoms with E-state index in [9.17, 15) is 18.8 Å². The van der Waals surface area contributed by atoms with Crippen molar-refractivity contribution >= 4 is 39.8 Å². The van der Waals surface area contributed by atoms with Crippen LogP contribution in [0.2, 0.25) is 5.02 Å². The van der Waals surface area contributed by atoms with Gasteiger partial charge in [0, 0.05) is 49.9 Å². The number of amides is 1. The van der Waals surface area contributed by atoms with E-state index in [-0.39, 0.29) is 36.1 Å². The lowest BCUT2D eigenvalue weighted by Crippen LogP contribution is -2.56. The van der Waals surface area contributed by atoms with Gasteiger partial charge in [0.05, 0.1) is 47.9 Å². The van der Waals surface area contributed by atoms with E-state index in [0.29, 0.717) is 50.5 Å². The number of methoxy groups -OCH3 is 1. The molecule has 1 amide bonds. The number of ether oxygens (including phenoxy) is 2. The molecule has 2 atom stereocenters. The van der Waals surface area contributed by atoms with Crippen LogP contribution < -0.4 is 14.5 Å². The zero-order chi connectivity index (χ0) is 33.3. The molecule has 0 N–H and O–H groups in total. The van der Waals surface area contributed by atoms with Crippen LogP contribution in [0, 0.1) is 17.1 Å². The SMILES string of the molecule is C=C(F)C(=O)N1CCN(c2nc(OC[C@@]3(COC)CCCN3C)nc3c2CCN(c2cccc4ccc(F)c(Cl)c24)C3)C[C@@H]1CC#N. The molecule has 6 rings (SSSR count). The minimum absolute atomic E-state index is 0.0319. The lowest BCUT2D eigenvalue weighted by molar-refractivity contribution is -0.131. The number of carbonyl (C=O) groups excluding carboxylic acids is 1. The molecule has 2 aromatic carbocycles. The number of nitriles is 1. The maximum Gasteiger partial charge on any atom is 0.318 e. The van der Waals surface area contributed by atoms with Gasteiger partial charge in [-0.1, -0.05) is 36.4 Å². The molecule has 2 fully saturated rings. The Morgan fingerprint density at radius 1 is 1.17 bits per heavy atom. The van der Waals surface area contributed by atoms with E-state index in [1.807, 2.05) is 23.1 Å². The van der Waals surface area contributed by atoms with E-state index in [1.54, 1.807) is 13.2 Å². The van der Waals surface area contributed by atoms with Crippen LogP contribution in [0.5, 0.6) is 6.01 Å². The number of likely N-dealkylation sites (tertiary alicyclic amines) is 1. The summed E-state index contributed by atoms with van der Waals surface area (Å²) in [5, 5.41) is 11.1. The highest BCUT2D eigenvalue weighted by Gasteiger charge is 2.40. The molecular formula is C34H38ClF2N7O3. The second-order valence-electron chi connectivity index (χ2n) is 12.5. The van der Waals surface area contributed by atoms with Gasteiger partial charge in [-0.25, -0.2) is 8.78 Å². The van der Waals surface area contributed by atoms with Crippen LogP contribution in [0.15, 0.2) is 42.7 Å². The third-order valence-corrected chi connectivity index (χ3v) is 10.1. The number of likely N-dealkylation sites (N-methyl/N-ethyl adjacent to an activating group) is 1. The summed E-state index contributed by atoms with van der Waals surface area (Å²) >= 11 is 6.50. The fourth-order valence-electron chi connectivity index (χ4n) is 7.17. The molecule has 1 aromatic heterocycles. The van der Waals surface area contributed by atoms with Gasteiger partial charge in [0.25, 0.3) is 5.91 Å². The molecular weight excluding hydrogens is 628 g/mol. The number of anilines is 2. The van der Waals surface area contributed by atoms with Crippen molar-refractivity contribution in [1.82, 2.24) is 19.8 Å². The number of piperazine rings is 1. The summed E-state index contributed by atoms with van der Waals surface area (Å²) in [4.78, 5) is 30.2. The minimum Gasteiger partial charge on any atom is -0.461 e. The maximum absolute atomic E-state index is 14.6. The first-order chi connectivity index (χ1) is 22.7. The number of hydrogen-bond donors (Lipinski definition) is 0. The van der Waals surface area contributed by atoms with Crippen molar-refractivity contribution in [1.29, 1.82) is 5.26 Å². The van der Waals surface area contributed by atoms with Gasteiger partial charge < -0.3 is 24.2 Å². The summed E-state index contributed by atoms with van der Waals surface area (Å²) in [5.41, 5.74) is 2.18. The van der Waals surface area contributed by atoms with Crippen LogP contribution in [-0.2, 0) is 22.5 Å². The molecule has 0 aliphatic carbocycles. The van der Waals surface area contributed by atoms with Gasteiger partial charge in [-0.2, -0.15) is 15.2 Å². The third kappa shape index (κ3) is 6.32. The van der Waals surface area contributed by atoms with Crippen LogP contribution >= 0.6 is 11.6 Å². The standard InChI is InChI=1S/C34H38ClF2N7O3/c1-22(36)32(45)44-17-16-43(18-24(44)10-13-38)31-25-11-15-42(28-7-4-6-23-8-9-26(37)30(35)29(23)28)19-27(25)39-33(40-31)47-21-34(20-46-3)12-5-14-41(34)2/h4,6-9,24H,1,5,10-12,14-21H2,2-3H3/t24-,34-/m0/s1. The van der Waals surface area contributed by atoms with Crippen LogP contribution in [0.3, 0.4) is 0 Å². The van der Waals surface area contributed by atoms with Gasteiger partial charge >= 0.3 is 6.01 Å². The van der Waals surface area contributed by atoms with Crippen molar-refractivity contribution in [3.05, 3.63) is 64.8 Å². The number of aromatic nitrogens is 2. The van der Waals surface area contributed by atoms with Crippen LogP contribution in [0.1, 0.15) is 30.5 Å². The topological polar surface area (TPSA) is 98.1 Å². The van der Waals surface area contributed by atoms with E-state index >= 15 is 0 Å². The van der Waals surface area contributed by atoms with Gasteiger partial charge in [-0.15, -0.1) is 0 Å². The zero-order valence-corrected chi connectivity index (χ0v) is 27.4. The van der Waals surface area contributed by atoms with Gasteiger partial charge in [0.1, 0.15) is 18.2 Å². The molecule has 3 aliphatic heterocycles. The maximum atomic E-state index is 14.6. The molecule has 47 heavy (non-hydrogen) atoms. The number of carbonyl (C=O) groups is 1. The Morgan fingerprint density at radius 3 is 2.72 bits per heavy atom. The van der Waals surface area contributed by atoms with Crippen LogP contribution in [-0.4, -0.2) is 97.4 Å². The van der Waals surface area contributed by atoms with Gasteiger partial charge in [0.2, 0.25) is 0 Å². The highest BCUT2D eigenvalue weighted by Crippen LogP contribution is 2.38. The summed E-state index contributed by atoms with van der Waals surface area (Å²) in [6.07, 6.45) is 2.54. The second kappa shape index (κ2) is 13.6. The average molecular weight is 666 g/mol. The van der Waals surface area contributed by atoms with Crippen molar-refractivity contribution in [3.63, 3.8) is 0 Å². The molecule has 0 unspecified atom stereocenters. The van der Waals surface area contributed by atoms with Gasteiger partial charge in [-0.05, 0) is 50.4 Å². The molecule has 0 radical (unpaired) electrons. The largest absolute Gasteiger partial charge is 0.461 e. The number of fused-ring (bicyclic) bond motifs is 2. The van der Waals surface area contributed by atoms with Crippen LogP contribution in [0.25, 0.3) is 10.8 Å². The summed E-state index contributed by atoms with van der Waals surface area (Å²) in [5.74, 6) is -1.66. The Hall–Kier alpha value is -4.05. The number of nitrogens with zero attached hydrogens (tertiary/aromatic N) is 7. The Kier molecular flexibility index (Phi) is 9.50. The average Bonchev–Trinajstić information content (AvgIpc) is 3.43. The molecule has 0 bridgehead atoms. The molecule has 13 heteroatoms. The van der Waals surface area contributed by atoms with E-state index in [4.69, 9.17) is 31.0 Å². The van der Waals surface area contributed by atoms with Crippen molar-refractivity contribution < 1.29 is 23.0 Å².